The second-order valence-corrected chi connectivity index (χ2v) is 6.99. The van der Waals surface area contributed by atoms with E-state index in [2.05, 4.69) is 83.3 Å². The Kier molecular flexibility index (Phi) is 4.23. The summed E-state index contributed by atoms with van der Waals surface area (Å²) in [6, 6.07) is 31.6. The number of nitrogens with zero attached hydrogens (tertiary/aromatic N) is 1. The van der Waals surface area contributed by atoms with Crippen LogP contribution in [0, 0.1) is 0 Å². The van der Waals surface area contributed by atoms with Crippen LogP contribution in [0.2, 0.25) is 0 Å². The van der Waals surface area contributed by atoms with Crippen LogP contribution in [0.4, 0.5) is 5.69 Å². The minimum Gasteiger partial charge on any atom is -0.279 e. The van der Waals surface area contributed by atoms with Crippen LogP contribution in [0.3, 0.4) is 0 Å². The first-order valence-corrected chi connectivity index (χ1v) is 9.53. The number of allylic oxidation sites excluding steroid dienone is 1. The molecule has 0 radical (unpaired) electrons. The normalized spacial score (nSPS) is 15.2. The fourth-order valence-electron chi connectivity index (χ4n) is 3.93. The number of anilines is 1. The van der Waals surface area contributed by atoms with Gasteiger partial charge in [0.2, 0.25) is 0 Å². The maximum atomic E-state index is 4.55. The van der Waals surface area contributed by atoms with Gasteiger partial charge in [-0.1, -0.05) is 91.0 Å². The lowest BCUT2D eigenvalue weighted by molar-refractivity contribution is 1.05. The summed E-state index contributed by atoms with van der Waals surface area (Å²) in [6.45, 7) is 0. The summed E-state index contributed by atoms with van der Waals surface area (Å²) in [7, 11) is 0. The molecule has 2 nitrogen and oxygen atoms in total. The van der Waals surface area contributed by atoms with Crippen molar-refractivity contribution in [2.24, 2.45) is 5.10 Å². The van der Waals surface area contributed by atoms with Crippen molar-refractivity contribution in [3.05, 3.63) is 119 Å². The number of nitrogens with one attached hydrogen (secondary N) is 1. The summed E-state index contributed by atoms with van der Waals surface area (Å²) < 4.78 is 0. The van der Waals surface area contributed by atoms with Crippen molar-refractivity contribution in [1.29, 1.82) is 0 Å². The molecule has 1 aliphatic carbocycles. The molecule has 0 saturated carbocycles. The molecule has 4 aromatic rings. The third kappa shape index (κ3) is 2.99. The van der Waals surface area contributed by atoms with Gasteiger partial charge in [-0.3, -0.25) is 5.43 Å². The van der Waals surface area contributed by atoms with Crippen LogP contribution in [0.5, 0.6) is 0 Å². The Morgan fingerprint density at radius 3 is 2.43 bits per heavy atom. The molecule has 0 spiro atoms. The molecule has 0 fully saturated rings. The standard InChI is InChI=1S/C26H20N2/c1-2-10-21(11-3-1)28-27-18-26-23-13-7-5-9-20(23)15-17-25(26)24-16-14-19-8-4-6-12-22(19)24/h1-18,24,28H. The van der Waals surface area contributed by atoms with E-state index in [0.717, 1.165) is 11.3 Å². The number of fused-ring (bicyclic) bond motifs is 2. The van der Waals surface area contributed by atoms with Crippen LogP contribution >= 0.6 is 0 Å². The SMILES string of the molecule is C1=CC(c2ccc3ccccc3c2C=NNc2ccccc2)c2ccccc21. The van der Waals surface area contributed by atoms with Gasteiger partial charge in [0.1, 0.15) is 0 Å². The van der Waals surface area contributed by atoms with Gasteiger partial charge in [0.15, 0.2) is 0 Å². The molecule has 1 N–H and O–H groups in total. The maximum Gasteiger partial charge on any atom is 0.0561 e. The van der Waals surface area contributed by atoms with Crippen molar-refractivity contribution in [2.45, 2.75) is 5.92 Å². The smallest absolute Gasteiger partial charge is 0.0561 e. The third-order valence-corrected chi connectivity index (χ3v) is 5.30. The Morgan fingerprint density at radius 2 is 1.50 bits per heavy atom. The van der Waals surface area contributed by atoms with Crippen LogP contribution < -0.4 is 5.43 Å². The molecule has 1 unspecified atom stereocenters. The van der Waals surface area contributed by atoms with Gasteiger partial charge >= 0.3 is 0 Å². The quantitative estimate of drug-likeness (QED) is 0.328. The van der Waals surface area contributed by atoms with Crippen molar-refractivity contribution in [3.63, 3.8) is 0 Å². The van der Waals surface area contributed by atoms with E-state index in [-0.39, 0.29) is 5.92 Å². The molecule has 0 saturated heterocycles. The van der Waals surface area contributed by atoms with E-state index in [1.807, 2.05) is 36.5 Å². The molecule has 28 heavy (non-hydrogen) atoms. The highest BCUT2D eigenvalue weighted by Gasteiger charge is 2.21. The molecule has 1 atom stereocenters. The molecule has 5 rings (SSSR count). The summed E-state index contributed by atoms with van der Waals surface area (Å²) in [5.74, 6) is 0.249. The van der Waals surface area contributed by atoms with Crippen LogP contribution in [0.1, 0.15) is 28.2 Å². The van der Waals surface area contributed by atoms with Gasteiger partial charge in [0.05, 0.1) is 11.9 Å². The number of rotatable bonds is 4. The lowest BCUT2D eigenvalue weighted by Gasteiger charge is -2.16. The van der Waals surface area contributed by atoms with Crippen molar-refractivity contribution in [2.75, 3.05) is 5.43 Å². The van der Waals surface area contributed by atoms with Crippen molar-refractivity contribution in [3.8, 4) is 0 Å². The van der Waals surface area contributed by atoms with E-state index in [0.29, 0.717) is 0 Å². The van der Waals surface area contributed by atoms with Gasteiger partial charge in [0.25, 0.3) is 0 Å². The Morgan fingerprint density at radius 1 is 0.714 bits per heavy atom. The average Bonchev–Trinajstić information content (AvgIpc) is 3.18. The monoisotopic (exact) mass is 360 g/mol. The topological polar surface area (TPSA) is 24.4 Å². The molecule has 0 amide bonds. The number of hydrazone groups is 1. The van der Waals surface area contributed by atoms with Crippen molar-refractivity contribution in [1.82, 2.24) is 0 Å². The highest BCUT2D eigenvalue weighted by molar-refractivity contribution is 6.02. The van der Waals surface area contributed by atoms with Crippen LogP contribution in [0.25, 0.3) is 16.8 Å². The molecule has 0 bridgehead atoms. The lowest BCUT2D eigenvalue weighted by Crippen LogP contribution is -2.02. The van der Waals surface area contributed by atoms with Crippen LogP contribution in [-0.4, -0.2) is 6.21 Å². The van der Waals surface area contributed by atoms with E-state index in [1.54, 1.807) is 0 Å². The number of hydrogen-bond acceptors (Lipinski definition) is 2. The van der Waals surface area contributed by atoms with E-state index < -0.39 is 0 Å². The molecule has 0 heterocycles. The first kappa shape index (κ1) is 16.5. The Bertz CT molecular complexity index is 1190. The van der Waals surface area contributed by atoms with Crippen LogP contribution in [0.15, 0.2) is 102 Å². The minimum atomic E-state index is 0.249. The second-order valence-electron chi connectivity index (χ2n) is 6.99. The number of benzene rings is 4. The molecule has 0 aromatic heterocycles. The van der Waals surface area contributed by atoms with Crippen molar-refractivity contribution >= 4 is 28.8 Å². The lowest BCUT2D eigenvalue weighted by atomic mass is 9.87. The Hall–Kier alpha value is -3.65. The molecule has 134 valence electrons. The molecule has 2 heteroatoms. The van der Waals surface area contributed by atoms with E-state index in [9.17, 15) is 0 Å². The minimum absolute atomic E-state index is 0.249. The maximum absolute atomic E-state index is 4.55. The first-order chi connectivity index (χ1) is 13.9. The molecule has 0 aliphatic heterocycles. The van der Waals surface area contributed by atoms with Gasteiger partial charge in [-0.2, -0.15) is 5.10 Å². The summed E-state index contributed by atoms with van der Waals surface area (Å²) in [4.78, 5) is 0. The number of hydrogen-bond donors (Lipinski definition) is 1. The zero-order valence-electron chi connectivity index (χ0n) is 15.4. The van der Waals surface area contributed by atoms with Crippen molar-refractivity contribution < 1.29 is 0 Å². The highest BCUT2D eigenvalue weighted by Crippen LogP contribution is 2.38. The molecular weight excluding hydrogens is 340 g/mol. The summed E-state index contributed by atoms with van der Waals surface area (Å²) in [5.41, 5.74) is 9.21. The Labute approximate surface area is 164 Å². The molecular formula is C26H20N2. The van der Waals surface area contributed by atoms with Gasteiger partial charge < -0.3 is 0 Å². The largest absolute Gasteiger partial charge is 0.279 e. The fourth-order valence-corrected chi connectivity index (χ4v) is 3.93. The van der Waals surface area contributed by atoms with E-state index >= 15 is 0 Å². The number of para-hydroxylation sites is 1. The fraction of sp³-hybridized carbons (Fsp3) is 0.0385. The van der Waals surface area contributed by atoms with Gasteiger partial charge in [-0.15, -0.1) is 0 Å². The zero-order chi connectivity index (χ0) is 18.8. The predicted octanol–water partition coefficient (Wildman–Crippen LogP) is 6.44. The summed E-state index contributed by atoms with van der Waals surface area (Å²) >= 11 is 0. The van der Waals surface area contributed by atoms with E-state index in [4.69, 9.17) is 0 Å². The third-order valence-electron chi connectivity index (χ3n) is 5.30. The predicted molar refractivity (Wildman–Crippen MR) is 119 cm³/mol. The highest BCUT2D eigenvalue weighted by atomic mass is 15.3. The van der Waals surface area contributed by atoms with Gasteiger partial charge in [-0.25, -0.2) is 0 Å². The van der Waals surface area contributed by atoms with Crippen LogP contribution in [-0.2, 0) is 0 Å². The molecule has 4 aromatic carbocycles. The Balaban J connectivity index is 1.60. The van der Waals surface area contributed by atoms with Gasteiger partial charge in [0, 0.05) is 11.5 Å². The average molecular weight is 360 g/mol. The second kappa shape index (κ2) is 7.16. The van der Waals surface area contributed by atoms with Gasteiger partial charge in [-0.05, 0) is 39.6 Å². The molecule has 1 aliphatic rings. The first-order valence-electron chi connectivity index (χ1n) is 9.53. The zero-order valence-corrected chi connectivity index (χ0v) is 15.4. The van der Waals surface area contributed by atoms with E-state index in [1.165, 1.54) is 27.5 Å². The summed E-state index contributed by atoms with van der Waals surface area (Å²) in [6.07, 6.45) is 6.47. The summed E-state index contributed by atoms with van der Waals surface area (Å²) in [5, 5.41) is 6.99.